The average Bonchev–Trinajstić information content (AvgIpc) is 3.07. The molecule has 148 valence electrons. The van der Waals surface area contributed by atoms with Crippen LogP contribution >= 0.6 is 34.5 Å². The van der Waals surface area contributed by atoms with Crippen molar-refractivity contribution in [3.8, 4) is 0 Å². The molecular weight excluding hydrogens is 425 g/mol. The number of piperazine rings is 1. The van der Waals surface area contributed by atoms with Gasteiger partial charge >= 0.3 is 0 Å². The van der Waals surface area contributed by atoms with Crippen LogP contribution in [0.5, 0.6) is 0 Å². The molecule has 0 bridgehead atoms. The molecule has 0 amide bonds. The molecule has 0 atom stereocenters. The van der Waals surface area contributed by atoms with E-state index in [1.807, 2.05) is 0 Å². The number of aryl methyl sites for hydroxylation is 1. The number of thiazole rings is 1. The van der Waals surface area contributed by atoms with Crippen molar-refractivity contribution in [1.29, 1.82) is 0 Å². The number of hydrogen-bond acceptors (Lipinski definition) is 5. The highest BCUT2D eigenvalue weighted by molar-refractivity contribution is 7.89. The van der Waals surface area contributed by atoms with Gasteiger partial charge in [0, 0.05) is 38.1 Å². The molecule has 0 unspecified atom stereocenters. The van der Waals surface area contributed by atoms with Crippen molar-refractivity contribution in [3.63, 3.8) is 0 Å². The third-order valence-electron chi connectivity index (χ3n) is 4.58. The summed E-state index contributed by atoms with van der Waals surface area (Å²) in [6.45, 7) is 5.07. The average molecular weight is 448 g/mol. The number of rotatable bonds is 7. The van der Waals surface area contributed by atoms with Gasteiger partial charge < -0.3 is 0 Å². The maximum atomic E-state index is 12.9. The maximum absolute atomic E-state index is 12.9. The van der Waals surface area contributed by atoms with Gasteiger partial charge in [-0.2, -0.15) is 4.31 Å². The number of unbranched alkanes of at least 4 members (excludes halogenated alkanes) is 1. The normalized spacial score (nSPS) is 16.7. The van der Waals surface area contributed by atoms with E-state index in [0.717, 1.165) is 25.1 Å². The smallest absolute Gasteiger partial charge is 0.246 e. The third-order valence-corrected chi connectivity index (χ3v) is 8.39. The molecule has 1 aromatic carbocycles. The fourth-order valence-corrected chi connectivity index (χ4v) is 6.42. The lowest BCUT2D eigenvalue weighted by atomic mass is 10.3. The van der Waals surface area contributed by atoms with Gasteiger partial charge in [-0.15, -0.1) is 11.3 Å². The number of aromatic nitrogens is 1. The Hall–Kier alpha value is -0.700. The highest BCUT2D eigenvalue weighted by Gasteiger charge is 2.31. The number of hydrogen-bond donors (Lipinski definition) is 0. The van der Waals surface area contributed by atoms with Crippen LogP contribution in [0.25, 0.3) is 0 Å². The van der Waals surface area contributed by atoms with Crippen LogP contribution in [-0.2, 0) is 23.0 Å². The van der Waals surface area contributed by atoms with E-state index >= 15 is 0 Å². The Bertz CT molecular complexity index is 858. The van der Waals surface area contributed by atoms with Crippen LogP contribution < -0.4 is 0 Å². The number of benzene rings is 1. The first-order valence-corrected chi connectivity index (χ1v) is 12.1. The van der Waals surface area contributed by atoms with Crippen molar-refractivity contribution < 1.29 is 8.42 Å². The largest absolute Gasteiger partial charge is 0.295 e. The summed E-state index contributed by atoms with van der Waals surface area (Å²) in [4.78, 5) is 6.93. The maximum Gasteiger partial charge on any atom is 0.246 e. The van der Waals surface area contributed by atoms with E-state index in [1.54, 1.807) is 29.5 Å². The summed E-state index contributed by atoms with van der Waals surface area (Å²) >= 11 is 13.9. The van der Waals surface area contributed by atoms with Gasteiger partial charge in [0.1, 0.15) is 4.90 Å². The minimum Gasteiger partial charge on any atom is -0.295 e. The molecule has 5 nitrogen and oxygen atoms in total. The number of sulfonamides is 1. The summed E-state index contributed by atoms with van der Waals surface area (Å²) in [7, 11) is -3.70. The van der Waals surface area contributed by atoms with Crippen LogP contribution in [0.3, 0.4) is 0 Å². The van der Waals surface area contributed by atoms with E-state index < -0.39 is 10.0 Å². The fourth-order valence-electron chi connectivity index (χ4n) is 3.08. The van der Waals surface area contributed by atoms with E-state index in [0.29, 0.717) is 26.2 Å². The molecule has 1 aliphatic heterocycles. The van der Waals surface area contributed by atoms with Crippen molar-refractivity contribution in [1.82, 2.24) is 14.2 Å². The van der Waals surface area contributed by atoms with E-state index in [2.05, 4.69) is 17.2 Å². The summed E-state index contributed by atoms with van der Waals surface area (Å²) < 4.78 is 27.3. The lowest BCUT2D eigenvalue weighted by Gasteiger charge is -2.33. The van der Waals surface area contributed by atoms with Crippen LogP contribution in [0.15, 0.2) is 28.5 Å². The van der Waals surface area contributed by atoms with Gasteiger partial charge in [-0.1, -0.05) is 42.6 Å². The van der Waals surface area contributed by atoms with Gasteiger partial charge in [0.2, 0.25) is 10.0 Å². The zero-order valence-corrected chi connectivity index (χ0v) is 18.3. The Kier molecular flexibility index (Phi) is 7.16. The molecule has 1 saturated heterocycles. The van der Waals surface area contributed by atoms with E-state index in [1.165, 1.54) is 15.7 Å². The van der Waals surface area contributed by atoms with Crippen molar-refractivity contribution in [2.75, 3.05) is 26.2 Å². The molecule has 27 heavy (non-hydrogen) atoms. The number of nitrogens with zero attached hydrogens (tertiary/aromatic N) is 3. The van der Waals surface area contributed by atoms with Crippen LogP contribution in [0.1, 0.15) is 30.5 Å². The molecule has 9 heteroatoms. The van der Waals surface area contributed by atoms with Gasteiger partial charge in [-0.25, -0.2) is 13.4 Å². The highest BCUT2D eigenvalue weighted by Crippen LogP contribution is 2.32. The van der Waals surface area contributed by atoms with Crippen LogP contribution in [0, 0.1) is 0 Å². The second-order valence-corrected chi connectivity index (χ2v) is 10.2. The van der Waals surface area contributed by atoms with Crippen LogP contribution in [-0.4, -0.2) is 48.8 Å². The summed E-state index contributed by atoms with van der Waals surface area (Å²) in [6, 6.07) is 4.74. The van der Waals surface area contributed by atoms with Gasteiger partial charge in [0.25, 0.3) is 0 Å². The van der Waals surface area contributed by atoms with Crippen molar-refractivity contribution in [2.45, 2.75) is 37.6 Å². The third kappa shape index (κ3) is 5.02. The predicted molar refractivity (Wildman–Crippen MR) is 111 cm³/mol. The summed E-state index contributed by atoms with van der Waals surface area (Å²) in [5.41, 5.74) is 1.07. The fraction of sp³-hybridized carbons (Fsp3) is 0.500. The molecule has 1 aliphatic rings. The second kappa shape index (κ2) is 9.20. The molecule has 2 aromatic rings. The Balaban J connectivity index is 1.61. The Morgan fingerprint density at radius 1 is 1.15 bits per heavy atom. The molecule has 1 aromatic heterocycles. The molecule has 1 fully saturated rings. The van der Waals surface area contributed by atoms with Gasteiger partial charge in [-0.05, 0) is 25.0 Å². The van der Waals surface area contributed by atoms with E-state index in [9.17, 15) is 8.42 Å². The minimum atomic E-state index is -3.70. The van der Waals surface area contributed by atoms with Crippen LogP contribution in [0.4, 0.5) is 0 Å². The van der Waals surface area contributed by atoms with Crippen molar-refractivity contribution in [3.05, 3.63) is 44.3 Å². The predicted octanol–water partition coefficient (Wildman–Crippen LogP) is 4.30. The Morgan fingerprint density at radius 3 is 2.44 bits per heavy atom. The van der Waals surface area contributed by atoms with Gasteiger partial charge in [0.05, 0.1) is 20.7 Å². The molecular formula is C18H23Cl2N3O2S2. The van der Waals surface area contributed by atoms with Gasteiger partial charge in [0.15, 0.2) is 0 Å². The SMILES string of the molecule is CCCCc1nc(CN2CCN(S(=O)(=O)c3c(Cl)cccc3Cl)CC2)cs1. The Labute approximate surface area is 175 Å². The second-order valence-electron chi connectivity index (χ2n) is 6.57. The minimum absolute atomic E-state index is 0.00171. The molecule has 0 spiro atoms. The monoisotopic (exact) mass is 447 g/mol. The topological polar surface area (TPSA) is 53.5 Å². The van der Waals surface area contributed by atoms with Crippen molar-refractivity contribution in [2.24, 2.45) is 0 Å². The lowest BCUT2D eigenvalue weighted by Crippen LogP contribution is -2.48. The zero-order valence-electron chi connectivity index (χ0n) is 15.2. The Morgan fingerprint density at radius 2 is 1.81 bits per heavy atom. The van der Waals surface area contributed by atoms with Gasteiger partial charge in [-0.3, -0.25) is 4.90 Å². The zero-order chi connectivity index (χ0) is 19.4. The van der Waals surface area contributed by atoms with Crippen molar-refractivity contribution >= 4 is 44.6 Å². The lowest BCUT2D eigenvalue weighted by molar-refractivity contribution is 0.180. The first-order chi connectivity index (χ1) is 12.9. The molecule has 2 heterocycles. The molecule has 0 radical (unpaired) electrons. The van der Waals surface area contributed by atoms with E-state index in [4.69, 9.17) is 28.2 Å². The summed E-state index contributed by atoms with van der Waals surface area (Å²) in [5, 5.41) is 3.61. The highest BCUT2D eigenvalue weighted by atomic mass is 35.5. The first-order valence-electron chi connectivity index (χ1n) is 9.01. The summed E-state index contributed by atoms with van der Waals surface area (Å²) in [6.07, 6.45) is 3.36. The quantitative estimate of drug-likeness (QED) is 0.634. The molecule has 0 saturated carbocycles. The summed E-state index contributed by atoms with van der Waals surface area (Å²) in [5.74, 6) is 0. The molecule has 0 N–H and O–H groups in total. The number of halogens is 2. The van der Waals surface area contributed by atoms with Crippen LogP contribution in [0.2, 0.25) is 10.0 Å². The standard InChI is InChI=1S/C18H23Cl2N3O2S2/c1-2-3-7-17-21-14(13-26-17)12-22-8-10-23(11-9-22)27(24,25)18-15(19)5-4-6-16(18)20/h4-6,13H,2-3,7-12H2,1H3. The molecule has 0 aliphatic carbocycles. The first kappa shape index (κ1) is 21.0. The van der Waals surface area contributed by atoms with E-state index in [-0.39, 0.29) is 14.9 Å². The molecule has 3 rings (SSSR count).